The zero-order valence-electron chi connectivity index (χ0n) is 10.6. The molecule has 3 nitrogen and oxygen atoms in total. The minimum Gasteiger partial charge on any atom is -0.489 e. The lowest BCUT2D eigenvalue weighted by Crippen LogP contribution is -2.41. The van der Waals surface area contributed by atoms with Gasteiger partial charge in [0, 0.05) is 12.4 Å². The first-order chi connectivity index (χ1) is 8.81. The molecule has 0 aromatic heterocycles. The van der Waals surface area contributed by atoms with Crippen molar-refractivity contribution in [2.45, 2.75) is 12.5 Å². The highest BCUT2D eigenvalue weighted by Gasteiger charge is 2.25. The molecule has 2 N–H and O–H groups in total. The molecule has 1 unspecified atom stereocenters. The summed E-state index contributed by atoms with van der Waals surface area (Å²) < 4.78 is 5.87. The van der Waals surface area contributed by atoms with E-state index in [4.69, 9.17) is 10.5 Å². The molecule has 3 rings (SSSR count). The van der Waals surface area contributed by atoms with Crippen LogP contribution in [0.1, 0.15) is 6.42 Å². The highest BCUT2D eigenvalue weighted by Crippen LogP contribution is 2.39. The van der Waals surface area contributed by atoms with Gasteiger partial charge in [-0.25, -0.2) is 0 Å². The van der Waals surface area contributed by atoms with Gasteiger partial charge >= 0.3 is 0 Å². The first-order valence-electron chi connectivity index (χ1n) is 6.38. The second-order valence-corrected chi connectivity index (χ2v) is 4.79. The standard InChI is InChI=1S/C15H18N2O/c1-17-12(8-9-16)10-18-14-7-6-11-4-2-3-5-13(11)15(14)17/h2-7,12H,8-10,16H2,1H3. The van der Waals surface area contributed by atoms with E-state index < -0.39 is 0 Å². The van der Waals surface area contributed by atoms with E-state index in [-0.39, 0.29) is 0 Å². The Morgan fingerprint density at radius 3 is 2.94 bits per heavy atom. The number of hydrogen-bond donors (Lipinski definition) is 1. The first kappa shape index (κ1) is 11.4. The van der Waals surface area contributed by atoms with E-state index in [1.165, 1.54) is 16.5 Å². The molecule has 0 bridgehead atoms. The number of likely N-dealkylation sites (N-methyl/N-ethyl adjacent to an activating group) is 1. The zero-order valence-corrected chi connectivity index (χ0v) is 10.6. The van der Waals surface area contributed by atoms with Gasteiger partial charge in [0.05, 0.1) is 11.7 Å². The Morgan fingerprint density at radius 1 is 1.28 bits per heavy atom. The lowest BCUT2D eigenvalue weighted by Gasteiger charge is -2.36. The molecule has 3 heteroatoms. The molecular weight excluding hydrogens is 224 g/mol. The number of benzene rings is 2. The summed E-state index contributed by atoms with van der Waals surface area (Å²) in [5.41, 5.74) is 6.86. The first-order valence-corrected chi connectivity index (χ1v) is 6.38. The van der Waals surface area contributed by atoms with Gasteiger partial charge in [0.25, 0.3) is 0 Å². The fraction of sp³-hybridized carbons (Fsp3) is 0.333. The summed E-state index contributed by atoms with van der Waals surface area (Å²) in [7, 11) is 2.13. The number of nitrogens with zero attached hydrogens (tertiary/aromatic N) is 1. The van der Waals surface area contributed by atoms with E-state index in [1.54, 1.807) is 0 Å². The lowest BCUT2D eigenvalue weighted by atomic mass is 10.0. The van der Waals surface area contributed by atoms with Gasteiger partial charge in [0.1, 0.15) is 12.4 Å². The highest BCUT2D eigenvalue weighted by molar-refractivity contribution is 5.97. The molecule has 0 fully saturated rings. The van der Waals surface area contributed by atoms with E-state index in [9.17, 15) is 0 Å². The molecule has 0 radical (unpaired) electrons. The topological polar surface area (TPSA) is 38.5 Å². The highest BCUT2D eigenvalue weighted by atomic mass is 16.5. The number of nitrogens with two attached hydrogens (primary N) is 1. The van der Waals surface area contributed by atoms with E-state index in [2.05, 4.69) is 48.3 Å². The number of hydrogen-bond acceptors (Lipinski definition) is 3. The maximum Gasteiger partial charge on any atom is 0.143 e. The van der Waals surface area contributed by atoms with Gasteiger partial charge in [0.15, 0.2) is 0 Å². The summed E-state index contributed by atoms with van der Waals surface area (Å²) >= 11 is 0. The van der Waals surface area contributed by atoms with Crippen molar-refractivity contribution in [3.8, 4) is 5.75 Å². The zero-order chi connectivity index (χ0) is 12.5. The number of fused-ring (bicyclic) bond motifs is 3. The van der Waals surface area contributed by atoms with Gasteiger partial charge in [-0.2, -0.15) is 0 Å². The van der Waals surface area contributed by atoms with Crippen LogP contribution in [0, 0.1) is 0 Å². The smallest absolute Gasteiger partial charge is 0.143 e. The van der Waals surface area contributed by atoms with Gasteiger partial charge in [-0.3, -0.25) is 0 Å². The van der Waals surface area contributed by atoms with Crippen molar-refractivity contribution in [2.24, 2.45) is 5.73 Å². The van der Waals surface area contributed by atoms with Crippen LogP contribution in [0.2, 0.25) is 0 Å². The molecule has 0 saturated carbocycles. The summed E-state index contributed by atoms with van der Waals surface area (Å²) in [6.45, 7) is 1.41. The molecule has 18 heavy (non-hydrogen) atoms. The Labute approximate surface area is 107 Å². The van der Waals surface area contributed by atoms with Gasteiger partial charge in [-0.1, -0.05) is 30.3 Å². The molecule has 0 aliphatic carbocycles. The Kier molecular flexibility index (Phi) is 2.84. The van der Waals surface area contributed by atoms with Crippen molar-refractivity contribution >= 4 is 16.5 Å². The number of ether oxygens (including phenoxy) is 1. The number of anilines is 1. The third-order valence-corrected chi connectivity index (χ3v) is 3.70. The van der Waals surface area contributed by atoms with Crippen LogP contribution in [0.5, 0.6) is 5.75 Å². The molecule has 2 aromatic carbocycles. The van der Waals surface area contributed by atoms with Crippen LogP contribution in [-0.4, -0.2) is 26.2 Å². The minimum absolute atomic E-state index is 0.369. The Morgan fingerprint density at radius 2 is 2.11 bits per heavy atom. The third kappa shape index (κ3) is 1.71. The number of rotatable bonds is 2. The SMILES string of the molecule is CN1c2c(ccc3ccccc23)OCC1CCN. The average Bonchev–Trinajstić information content (AvgIpc) is 2.41. The quantitative estimate of drug-likeness (QED) is 0.878. The summed E-state index contributed by atoms with van der Waals surface area (Å²) in [4.78, 5) is 2.31. The van der Waals surface area contributed by atoms with Crippen molar-refractivity contribution in [2.75, 3.05) is 25.1 Å². The van der Waals surface area contributed by atoms with Crippen LogP contribution in [0.25, 0.3) is 10.8 Å². The fourth-order valence-corrected chi connectivity index (χ4v) is 2.67. The van der Waals surface area contributed by atoms with Crippen LogP contribution < -0.4 is 15.4 Å². The van der Waals surface area contributed by atoms with Crippen LogP contribution in [0.3, 0.4) is 0 Å². The van der Waals surface area contributed by atoms with E-state index in [0.717, 1.165) is 18.8 Å². The molecule has 1 atom stereocenters. The summed E-state index contributed by atoms with van der Waals surface area (Å²) in [5, 5.41) is 2.50. The van der Waals surface area contributed by atoms with Crippen molar-refractivity contribution in [1.82, 2.24) is 0 Å². The van der Waals surface area contributed by atoms with Crippen LogP contribution in [-0.2, 0) is 0 Å². The van der Waals surface area contributed by atoms with Gasteiger partial charge < -0.3 is 15.4 Å². The summed E-state index contributed by atoms with van der Waals surface area (Å²) in [6, 6.07) is 13.0. The van der Waals surface area contributed by atoms with E-state index in [0.29, 0.717) is 12.6 Å². The van der Waals surface area contributed by atoms with Crippen molar-refractivity contribution in [1.29, 1.82) is 0 Å². The summed E-state index contributed by atoms with van der Waals surface area (Å²) in [5.74, 6) is 0.976. The Hall–Kier alpha value is -1.74. The van der Waals surface area contributed by atoms with Crippen molar-refractivity contribution < 1.29 is 4.74 Å². The normalized spacial score (nSPS) is 18.6. The van der Waals surface area contributed by atoms with Crippen LogP contribution >= 0.6 is 0 Å². The van der Waals surface area contributed by atoms with E-state index >= 15 is 0 Å². The monoisotopic (exact) mass is 242 g/mol. The minimum atomic E-state index is 0.369. The second kappa shape index (κ2) is 4.50. The summed E-state index contributed by atoms with van der Waals surface area (Å²) in [6.07, 6.45) is 0.958. The third-order valence-electron chi connectivity index (χ3n) is 3.70. The average molecular weight is 242 g/mol. The molecule has 1 aliphatic rings. The predicted molar refractivity (Wildman–Crippen MR) is 75.3 cm³/mol. The Bertz CT molecular complexity index is 567. The molecule has 94 valence electrons. The predicted octanol–water partition coefficient (Wildman–Crippen LogP) is 2.39. The Balaban J connectivity index is 2.13. The van der Waals surface area contributed by atoms with Crippen LogP contribution in [0.4, 0.5) is 5.69 Å². The van der Waals surface area contributed by atoms with Crippen LogP contribution in [0.15, 0.2) is 36.4 Å². The second-order valence-electron chi connectivity index (χ2n) is 4.79. The van der Waals surface area contributed by atoms with E-state index in [1.807, 2.05) is 0 Å². The molecular formula is C15H18N2O. The molecule has 0 amide bonds. The molecule has 1 aliphatic heterocycles. The maximum atomic E-state index is 5.87. The van der Waals surface area contributed by atoms with Crippen molar-refractivity contribution in [3.05, 3.63) is 36.4 Å². The maximum absolute atomic E-state index is 5.87. The van der Waals surface area contributed by atoms with Gasteiger partial charge in [-0.15, -0.1) is 0 Å². The van der Waals surface area contributed by atoms with Crippen molar-refractivity contribution in [3.63, 3.8) is 0 Å². The lowest BCUT2D eigenvalue weighted by molar-refractivity contribution is 0.262. The molecule has 0 saturated heterocycles. The van der Waals surface area contributed by atoms with Gasteiger partial charge in [0.2, 0.25) is 0 Å². The van der Waals surface area contributed by atoms with Gasteiger partial charge in [-0.05, 0) is 24.4 Å². The largest absolute Gasteiger partial charge is 0.489 e. The molecule has 1 heterocycles. The molecule has 0 spiro atoms. The fourth-order valence-electron chi connectivity index (χ4n) is 2.67. The molecule has 2 aromatic rings.